The number of nitrogens with zero attached hydrogens (tertiary/aromatic N) is 2. The van der Waals surface area contributed by atoms with Crippen molar-refractivity contribution in [2.24, 2.45) is 4.99 Å². The first-order valence-corrected chi connectivity index (χ1v) is 13.0. The van der Waals surface area contributed by atoms with Crippen molar-refractivity contribution in [3.05, 3.63) is 82.4 Å². The number of benzene rings is 3. The highest BCUT2D eigenvalue weighted by atomic mass is 32.2. The van der Waals surface area contributed by atoms with E-state index in [1.165, 1.54) is 11.8 Å². The van der Waals surface area contributed by atoms with E-state index in [0.717, 1.165) is 39.2 Å². The molecule has 0 radical (unpaired) electrons. The number of hydrogen-bond donors (Lipinski definition) is 1. The summed E-state index contributed by atoms with van der Waals surface area (Å²) < 4.78 is 10.9. The van der Waals surface area contributed by atoms with Gasteiger partial charge in [-0.2, -0.15) is 0 Å². The van der Waals surface area contributed by atoms with Gasteiger partial charge < -0.3 is 14.8 Å². The first kappa shape index (κ1) is 24.9. The van der Waals surface area contributed by atoms with Gasteiger partial charge in [0.2, 0.25) is 18.6 Å². The number of para-hydroxylation sites is 1. The van der Waals surface area contributed by atoms with Crippen LogP contribution in [0.4, 0.5) is 11.4 Å². The molecule has 2 amide bonds. The molecular formula is C29H29N3O4S. The second-order valence-electron chi connectivity index (χ2n) is 9.42. The van der Waals surface area contributed by atoms with Gasteiger partial charge in [0.15, 0.2) is 16.7 Å². The van der Waals surface area contributed by atoms with Crippen LogP contribution >= 0.6 is 11.8 Å². The van der Waals surface area contributed by atoms with Gasteiger partial charge in [0.25, 0.3) is 0 Å². The van der Waals surface area contributed by atoms with E-state index in [0.29, 0.717) is 23.2 Å². The van der Waals surface area contributed by atoms with Crippen molar-refractivity contribution in [1.82, 2.24) is 4.90 Å². The van der Waals surface area contributed by atoms with E-state index in [-0.39, 0.29) is 25.0 Å². The fourth-order valence-corrected chi connectivity index (χ4v) is 5.56. The number of aliphatic imine (C=N–C) groups is 1. The summed E-state index contributed by atoms with van der Waals surface area (Å²) in [6, 6.07) is 17.6. The van der Waals surface area contributed by atoms with Gasteiger partial charge in [-0.1, -0.05) is 48.2 Å². The van der Waals surface area contributed by atoms with Crippen molar-refractivity contribution in [2.45, 2.75) is 45.9 Å². The molecule has 5 rings (SSSR count). The van der Waals surface area contributed by atoms with E-state index in [2.05, 4.69) is 5.32 Å². The van der Waals surface area contributed by atoms with E-state index in [1.54, 1.807) is 4.90 Å². The summed E-state index contributed by atoms with van der Waals surface area (Å²) in [5, 5.41) is 3.02. The van der Waals surface area contributed by atoms with Gasteiger partial charge in [0, 0.05) is 12.1 Å². The van der Waals surface area contributed by atoms with Crippen LogP contribution in [-0.2, 0) is 16.1 Å². The summed E-state index contributed by atoms with van der Waals surface area (Å²) in [6.07, 6.45) is 0.0563. The third-order valence-corrected chi connectivity index (χ3v) is 7.67. The number of fused-ring (bicyclic) bond motifs is 1. The summed E-state index contributed by atoms with van der Waals surface area (Å²) in [4.78, 5) is 33.2. The van der Waals surface area contributed by atoms with Crippen LogP contribution in [0.1, 0.15) is 34.2 Å². The van der Waals surface area contributed by atoms with E-state index in [9.17, 15) is 9.59 Å². The average Bonchev–Trinajstić information content (AvgIpc) is 3.44. The topological polar surface area (TPSA) is 80.2 Å². The predicted molar refractivity (Wildman–Crippen MR) is 147 cm³/mol. The van der Waals surface area contributed by atoms with Crippen molar-refractivity contribution in [3.63, 3.8) is 0 Å². The van der Waals surface area contributed by atoms with E-state index in [4.69, 9.17) is 14.5 Å². The van der Waals surface area contributed by atoms with Crippen LogP contribution in [0, 0.1) is 27.7 Å². The first-order valence-electron chi connectivity index (χ1n) is 12.2. The minimum Gasteiger partial charge on any atom is -0.454 e. The molecular weight excluding hydrogens is 486 g/mol. The highest BCUT2D eigenvalue weighted by Crippen LogP contribution is 2.37. The lowest BCUT2D eigenvalue weighted by Crippen LogP contribution is -2.33. The number of ether oxygens (including phenoxy) is 2. The Labute approximate surface area is 220 Å². The quantitative estimate of drug-likeness (QED) is 0.448. The van der Waals surface area contributed by atoms with Crippen LogP contribution in [0.15, 0.2) is 59.6 Å². The molecule has 0 bridgehead atoms. The Hall–Kier alpha value is -3.78. The molecule has 37 heavy (non-hydrogen) atoms. The highest BCUT2D eigenvalue weighted by molar-refractivity contribution is 8.15. The monoisotopic (exact) mass is 515 g/mol. The normalized spacial score (nSPS) is 17.5. The molecule has 1 N–H and O–H groups in total. The Balaban J connectivity index is 1.41. The van der Waals surface area contributed by atoms with Gasteiger partial charge in [-0.25, -0.2) is 4.99 Å². The third kappa shape index (κ3) is 5.34. The Bertz CT molecular complexity index is 1400. The van der Waals surface area contributed by atoms with Crippen LogP contribution < -0.4 is 14.8 Å². The molecule has 0 aromatic heterocycles. The van der Waals surface area contributed by atoms with Crippen LogP contribution in [0.25, 0.3) is 0 Å². The summed E-state index contributed by atoms with van der Waals surface area (Å²) in [6.45, 7) is 8.44. The van der Waals surface area contributed by atoms with Gasteiger partial charge in [-0.15, -0.1) is 0 Å². The Kier molecular flexibility index (Phi) is 6.93. The molecule has 7 nitrogen and oxygen atoms in total. The molecule has 1 fully saturated rings. The molecule has 2 heterocycles. The highest BCUT2D eigenvalue weighted by Gasteiger charge is 2.39. The number of aryl methyl sites for hydroxylation is 4. The third-order valence-electron chi connectivity index (χ3n) is 6.49. The summed E-state index contributed by atoms with van der Waals surface area (Å²) >= 11 is 1.34. The Morgan fingerprint density at radius 3 is 2.54 bits per heavy atom. The number of carbonyl (C=O) groups excluding carboxylic acids is 2. The van der Waals surface area contributed by atoms with Crippen LogP contribution in [0.2, 0.25) is 0 Å². The standard InChI is InChI=1S/C29H29N3O4S/c1-17-8-9-18(2)22(12-17)30-29-32(15-21-10-11-23-24(13-21)36-16-35-23)28(34)25(37-29)14-26(33)31-27-19(3)6-5-7-20(27)4/h5-13,25H,14-16H2,1-4H3,(H,31,33). The maximum atomic E-state index is 13.6. The van der Waals surface area contributed by atoms with Gasteiger partial charge in [-0.05, 0) is 73.7 Å². The maximum absolute atomic E-state index is 13.6. The van der Waals surface area contributed by atoms with Crippen LogP contribution in [0.5, 0.6) is 11.5 Å². The number of nitrogens with one attached hydrogen (secondary N) is 1. The second-order valence-corrected chi connectivity index (χ2v) is 10.6. The maximum Gasteiger partial charge on any atom is 0.242 e. The molecule has 3 aromatic carbocycles. The minimum absolute atomic E-state index is 0.0563. The zero-order valence-corrected chi connectivity index (χ0v) is 22.1. The molecule has 2 aliphatic rings. The number of anilines is 1. The lowest BCUT2D eigenvalue weighted by molar-refractivity contribution is -0.128. The molecule has 0 saturated carbocycles. The lowest BCUT2D eigenvalue weighted by Gasteiger charge is -2.17. The molecule has 190 valence electrons. The van der Waals surface area contributed by atoms with Crippen molar-refractivity contribution in [2.75, 3.05) is 12.1 Å². The molecule has 1 saturated heterocycles. The zero-order chi connectivity index (χ0) is 26.1. The molecule has 1 atom stereocenters. The summed E-state index contributed by atoms with van der Waals surface area (Å²) in [7, 11) is 0. The number of amides is 2. The van der Waals surface area contributed by atoms with Gasteiger partial charge >= 0.3 is 0 Å². The average molecular weight is 516 g/mol. The van der Waals surface area contributed by atoms with E-state index in [1.807, 2.05) is 82.3 Å². The smallest absolute Gasteiger partial charge is 0.242 e. The number of amidine groups is 1. The Morgan fingerprint density at radius 1 is 1.00 bits per heavy atom. The fourth-order valence-electron chi connectivity index (χ4n) is 4.41. The van der Waals surface area contributed by atoms with Crippen molar-refractivity contribution >= 4 is 40.1 Å². The van der Waals surface area contributed by atoms with E-state index < -0.39 is 5.25 Å². The summed E-state index contributed by atoms with van der Waals surface area (Å²) in [5.74, 6) is 1.02. The zero-order valence-electron chi connectivity index (χ0n) is 21.3. The lowest BCUT2D eigenvalue weighted by atomic mass is 10.1. The van der Waals surface area contributed by atoms with Crippen molar-refractivity contribution < 1.29 is 19.1 Å². The number of carbonyl (C=O) groups is 2. The van der Waals surface area contributed by atoms with Gasteiger partial charge in [-0.3, -0.25) is 14.5 Å². The van der Waals surface area contributed by atoms with Crippen molar-refractivity contribution in [3.8, 4) is 11.5 Å². The van der Waals surface area contributed by atoms with Gasteiger partial charge in [0.05, 0.1) is 12.2 Å². The number of thioether (sulfide) groups is 1. The fraction of sp³-hybridized carbons (Fsp3) is 0.276. The molecule has 0 aliphatic carbocycles. The Morgan fingerprint density at radius 2 is 1.76 bits per heavy atom. The van der Waals surface area contributed by atoms with Crippen molar-refractivity contribution in [1.29, 1.82) is 0 Å². The number of hydrogen-bond acceptors (Lipinski definition) is 6. The number of rotatable bonds is 6. The van der Waals surface area contributed by atoms with E-state index >= 15 is 0 Å². The van der Waals surface area contributed by atoms with Crippen LogP contribution in [-0.4, -0.2) is 33.9 Å². The largest absolute Gasteiger partial charge is 0.454 e. The molecule has 3 aromatic rings. The second kappa shape index (κ2) is 10.3. The minimum atomic E-state index is -0.567. The predicted octanol–water partition coefficient (Wildman–Crippen LogP) is 5.81. The van der Waals surface area contributed by atoms with Gasteiger partial charge in [0.1, 0.15) is 5.25 Å². The summed E-state index contributed by atoms with van der Waals surface area (Å²) in [5.41, 5.74) is 6.58. The first-order chi connectivity index (χ1) is 17.8. The molecule has 8 heteroatoms. The molecule has 2 aliphatic heterocycles. The SMILES string of the molecule is Cc1ccc(C)c(N=C2SC(CC(=O)Nc3c(C)cccc3C)C(=O)N2Cc2ccc3c(c2)OCO3)c1. The van der Waals surface area contributed by atoms with Crippen LogP contribution in [0.3, 0.4) is 0 Å². The molecule has 0 spiro atoms. The molecule has 1 unspecified atom stereocenters.